The molecule has 0 heterocycles. The third-order valence-corrected chi connectivity index (χ3v) is 5.54. The van der Waals surface area contributed by atoms with Crippen LogP contribution in [0.15, 0.2) is 0 Å². The molecule has 1 aliphatic carbocycles. The molecule has 124 valence electrons. The third kappa shape index (κ3) is 5.94. The van der Waals surface area contributed by atoms with Crippen molar-refractivity contribution in [3.63, 3.8) is 0 Å². The van der Waals surface area contributed by atoms with Gasteiger partial charge in [0, 0.05) is 0 Å². The van der Waals surface area contributed by atoms with Gasteiger partial charge in [-0.2, -0.15) is 0 Å². The van der Waals surface area contributed by atoms with Crippen molar-refractivity contribution in [2.24, 2.45) is 5.92 Å². The zero-order chi connectivity index (χ0) is 16.3. The lowest BCUT2D eigenvalue weighted by molar-refractivity contribution is -0.158. The minimum absolute atomic E-state index is 0.154. The van der Waals surface area contributed by atoms with Crippen LogP contribution in [0.3, 0.4) is 0 Å². The highest BCUT2D eigenvalue weighted by Crippen LogP contribution is 2.24. The first-order valence-electron chi connectivity index (χ1n) is 7.77. The summed E-state index contributed by atoms with van der Waals surface area (Å²) in [6.07, 6.45) is 4.31. The molecule has 0 aromatic carbocycles. The molecule has 1 atom stereocenters. The highest BCUT2D eigenvalue weighted by molar-refractivity contribution is 7.90. The largest absolute Gasteiger partial charge is 0.459 e. The summed E-state index contributed by atoms with van der Waals surface area (Å²) in [5.41, 5.74) is -0.625. The topological polar surface area (TPSA) is 72.5 Å². The number of carbonyl (C=O) groups excluding carboxylic acids is 1. The normalized spacial score (nSPS) is 19.5. The van der Waals surface area contributed by atoms with Gasteiger partial charge in [0.25, 0.3) is 0 Å². The van der Waals surface area contributed by atoms with Gasteiger partial charge >= 0.3 is 5.97 Å². The van der Waals surface area contributed by atoms with E-state index in [4.69, 9.17) is 4.74 Å². The molecule has 0 amide bonds. The Bertz CT molecular complexity index is 445. The van der Waals surface area contributed by atoms with Crippen molar-refractivity contribution in [3.8, 4) is 0 Å². The van der Waals surface area contributed by atoms with E-state index in [1.807, 2.05) is 13.8 Å². The number of sulfonamides is 1. The van der Waals surface area contributed by atoms with E-state index in [1.165, 1.54) is 0 Å². The Labute approximate surface area is 128 Å². The molecule has 1 aliphatic rings. The first-order valence-corrected chi connectivity index (χ1v) is 9.31. The lowest BCUT2D eigenvalue weighted by Gasteiger charge is -2.29. The smallest absolute Gasteiger partial charge is 0.324 e. The zero-order valence-corrected chi connectivity index (χ0v) is 14.6. The number of ether oxygens (including phenoxy) is 1. The molecule has 1 fully saturated rings. The first kappa shape index (κ1) is 18.4. The molecule has 1 rings (SSSR count). The number of esters is 1. The summed E-state index contributed by atoms with van der Waals surface area (Å²) in [6, 6.07) is -0.823. The quantitative estimate of drug-likeness (QED) is 0.791. The van der Waals surface area contributed by atoms with Crippen molar-refractivity contribution < 1.29 is 17.9 Å². The molecular weight excluding hydrogens is 290 g/mol. The molecule has 0 aliphatic heterocycles. The summed E-state index contributed by atoms with van der Waals surface area (Å²) < 4.78 is 32.8. The van der Waals surface area contributed by atoms with Gasteiger partial charge in [0.05, 0.1) is 5.25 Å². The average Bonchev–Trinajstić information content (AvgIpc) is 2.34. The molecule has 0 unspecified atom stereocenters. The summed E-state index contributed by atoms with van der Waals surface area (Å²) in [5, 5.41) is -0.380. The fourth-order valence-electron chi connectivity index (χ4n) is 2.47. The number of rotatable bonds is 5. The van der Waals surface area contributed by atoms with E-state index < -0.39 is 27.6 Å². The van der Waals surface area contributed by atoms with E-state index in [-0.39, 0.29) is 11.2 Å². The van der Waals surface area contributed by atoms with Gasteiger partial charge in [0.1, 0.15) is 11.6 Å². The molecule has 1 N–H and O–H groups in total. The Morgan fingerprint density at radius 1 is 1.14 bits per heavy atom. The highest BCUT2D eigenvalue weighted by Gasteiger charge is 2.35. The van der Waals surface area contributed by atoms with E-state index >= 15 is 0 Å². The molecule has 0 radical (unpaired) electrons. The third-order valence-electron chi connectivity index (χ3n) is 3.61. The van der Waals surface area contributed by atoms with E-state index in [1.54, 1.807) is 20.8 Å². The van der Waals surface area contributed by atoms with Gasteiger partial charge in [-0.25, -0.2) is 13.1 Å². The van der Waals surface area contributed by atoms with Crippen LogP contribution in [-0.2, 0) is 19.6 Å². The molecule has 1 saturated carbocycles. The molecule has 5 nitrogen and oxygen atoms in total. The van der Waals surface area contributed by atoms with Gasteiger partial charge in [-0.15, -0.1) is 0 Å². The Hall–Kier alpha value is -0.620. The number of carbonyl (C=O) groups is 1. The Kier molecular flexibility index (Phi) is 6.23. The predicted molar refractivity (Wildman–Crippen MR) is 83.4 cm³/mol. The van der Waals surface area contributed by atoms with Crippen LogP contribution in [0, 0.1) is 5.92 Å². The van der Waals surface area contributed by atoms with Crippen molar-refractivity contribution in [2.75, 3.05) is 0 Å². The van der Waals surface area contributed by atoms with Crippen molar-refractivity contribution in [1.29, 1.82) is 0 Å². The molecule has 0 aromatic rings. The van der Waals surface area contributed by atoms with E-state index in [0.717, 1.165) is 19.3 Å². The second-order valence-electron chi connectivity index (χ2n) is 7.18. The van der Waals surface area contributed by atoms with Gasteiger partial charge in [0.15, 0.2) is 0 Å². The fraction of sp³-hybridized carbons (Fsp3) is 0.933. The molecule has 0 spiro atoms. The standard InChI is InChI=1S/C15H29NO4S/c1-11(2)13(14(17)20-15(3,4)5)16-21(18,19)12-9-7-6-8-10-12/h11-13,16H,6-10H2,1-5H3/t13-/m1/s1. The van der Waals surface area contributed by atoms with Crippen LogP contribution in [0.25, 0.3) is 0 Å². The summed E-state index contributed by atoms with van der Waals surface area (Å²) >= 11 is 0. The Balaban J connectivity index is 2.80. The Morgan fingerprint density at radius 3 is 2.10 bits per heavy atom. The fourth-order valence-corrected chi connectivity index (χ4v) is 4.34. The van der Waals surface area contributed by atoms with Gasteiger partial charge in [-0.3, -0.25) is 4.79 Å². The summed E-state index contributed by atoms with van der Waals surface area (Å²) in [7, 11) is -3.48. The number of hydrogen-bond donors (Lipinski definition) is 1. The minimum Gasteiger partial charge on any atom is -0.459 e. The number of nitrogens with one attached hydrogen (secondary N) is 1. The van der Waals surface area contributed by atoms with Crippen LogP contribution in [0.5, 0.6) is 0 Å². The maximum Gasteiger partial charge on any atom is 0.324 e. The van der Waals surface area contributed by atoms with Crippen LogP contribution >= 0.6 is 0 Å². The van der Waals surface area contributed by atoms with Crippen LogP contribution in [0.1, 0.15) is 66.7 Å². The van der Waals surface area contributed by atoms with Gasteiger partial charge < -0.3 is 4.74 Å². The Morgan fingerprint density at radius 2 is 1.67 bits per heavy atom. The maximum absolute atomic E-state index is 12.5. The lowest BCUT2D eigenvalue weighted by atomic mass is 10.0. The van der Waals surface area contributed by atoms with Crippen molar-refractivity contribution >= 4 is 16.0 Å². The minimum atomic E-state index is -3.48. The van der Waals surface area contributed by atoms with E-state index in [0.29, 0.717) is 12.8 Å². The highest BCUT2D eigenvalue weighted by atomic mass is 32.2. The van der Waals surface area contributed by atoms with Gasteiger partial charge in [-0.05, 0) is 39.5 Å². The monoisotopic (exact) mass is 319 g/mol. The van der Waals surface area contributed by atoms with E-state index in [2.05, 4.69) is 4.72 Å². The van der Waals surface area contributed by atoms with Crippen LogP contribution < -0.4 is 4.72 Å². The molecule has 0 bridgehead atoms. The second-order valence-corrected chi connectivity index (χ2v) is 9.17. The van der Waals surface area contributed by atoms with Crippen LogP contribution in [-0.4, -0.2) is 31.3 Å². The summed E-state index contributed by atoms with van der Waals surface area (Å²) in [4.78, 5) is 12.2. The molecular formula is C15H29NO4S. The van der Waals surface area contributed by atoms with Crippen LogP contribution in [0.4, 0.5) is 0 Å². The summed E-state index contributed by atoms with van der Waals surface area (Å²) in [5.74, 6) is -0.657. The molecule has 6 heteroatoms. The predicted octanol–water partition coefficient (Wildman–Crippen LogP) is 2.60. The SMILES string of the molecule is CC(C)[C@@H](NS(=O)(=O)C1CCCCC1)C(=O)OC(C)(C)C. The molecule has 0 saturated heterocycles. The lowest BCUT2D eigenvalue weighted by Crippen LogP contribution is -2.50. The van der Waals surface area contributed by atoms with Crippen molar-refractivity contribution in [3.05, 3.63) is 0 Å². The average molecular weight is 319 g/mol. The van der Waals surface area contributed by atoms with Crippen molar-refractivity contribution in [2.45, 2.75) is 83.6 Å². The van der Waals surface area contributed by atoms with Crippen molar-refractivity contribution in [1.82, 2.24) is 4.72 Å². The van der Waals surface area contributed by atoms with Gasteiger partial charge in [-0.1, -0.05) is 33.1 Å². The molecule has 0 aromatic heterocycles. The van der Waals surface area contributed by atoms with E-state index in [9.17, 15) is 13.2 Å². The summed E-state index contributed by atoms with van der Waals surface area (Å²) in [6.45, 7) is 8.96. The number of hydrogen-bond acceptors (Lipinski definition) is 4. The second kappa shape index (κ2) is 7.09. The first-order chi connectivity index (χ1) is 9.53. The van der Waals surface area contributed by atoms with Crippen LogP contribution in [0.2, 0.25) is 0 Å². The molecule has 21 heavy (non-hydrogen) atoms. The zero-order valence-electron chi connectivity index (χ0n) is 13.8. The van der Waals surface area contributed by atoms with Gasteiger partial charge in [0.2, 0.25) is 10.0 Å². The maximum atomic E-state index is 12.5.